The van der Waals surface area contributed by atoms with Crippen molar-refractivity contribution >= 4 is 32.7 Å². The van der Waals surface area contributed by atoms with Gasteiger partial charge in [-0.25, -0.2) is 4.98 Å². The van der Waals surface area contributed by atoms with Crippen molar-refractivity contribution in [3.8, 4) is 17.2 Å². The zero-order chi connectivity index (χ0) is 13.4. The van der Waals surface area contributed by atoms with E-state index in [1.807, 2.05) is 36.4 Å². The van der Waals surface area contributed by atoms with Crippen LogP contribution in [0.2, 0.25) is 0 Å². The van der Waals surface area contributed by atoms with Gasteiger partial charge in [0.1, 0.15) is 11.3 Å². The molecule has 0 aliphatic rings. The van der Waals surface area contributed by atoms with Gasteiger partial charge >= 0.3 is 0 Å². The summed E-state index contributed by atoms with van der Waals surface area (Å²) in [4.78, 5) is 4.45. The molecule has 1 aromatic heterocycles. The number of oxazole rings is 1. The molecular weight excluding hydrogens is 308 g/mol. The Morgan fingerprint density at radius 1 is 1.21 bits per heavy atom. The number of benzene rings is 2. The fourth-order valence-corrected chi connectivity index (χ4v) is 2.20. The quantitative estimate of drug-likeness (QED) is 0.729. The lowest BCUT2D eigenvalue weighted by Gasteiger charge is -1.99. The van der Waals surface area contributed by atoms with Crippen LogP contribution < -0.4 is 10.5 Å². The molecule has 0 spiro atoms. The molecule has 0 radical (unpaired) electrons. The highest BCUT2D eigenvalue weighted by Crippen LogP contribution is 2.30. The van der Waals surface area contributed by atoms with Gasteiger partial charge in [0.25, 0.3) is 0 Å². The predicted octanol–water partition coefficient (Wildman–Crippen LogP) is 3.85. The third-order valence-electron chi connectivity index (χ3n) is 2.84. The largest absolute Gasteiger partial charge is 0.497 e. The summed E-state index contributed by atoms with van der Waals surface area (Å²) in [5.74, 6) is 1.31. The number of nitrogens with two attached hydrogens (primary N) is 1. The number of halogens is 1. The van der Waals surface area contributed by atoms with Crippen LogP contribution in [0.3, 0.4) is 0 Å². The molecule has 3 rings (SSSR count). The number of aromatic nitrogens is 1. The second-order valence-electron chi connectivity index (χ2n) is 4.09. The van der Waals surface area contributed by atoms with E-state index in [1.165, 1.54) is 0 Å². The molecule has 0 amide bonds. The van der Waals surface area contributed by atoms with E-state index in [0.717, 1.165) is 26.9 Å². The van der Waals surface area contributed by atoms with Gasteiger partial charge in [-0.05, 0) is 46.3 Å². The van der Waals surface area contributed by atoms with Crippen LogP contribution >= 0.6 is 15.9 Å². The first-order valence-corrected chi connectivity index (χ1v) is 6.46. The van der Waals surface area contributed by atoms with E-state index in [9.17, 15) is 0 Å². The fourth-order valence-electron chi connectivity index (χ4n) is 1.82. The van der Waals surface area contributed by atoms with E-state index in [0.29, 0.717) is 11.6 Å². The van der Waals surface area contributed by atoms with Crippen LogP contribution in [0.25, 0.3) is 22.6 Å². The first kappa shape index (κ1) is 12.0. The summed E-state index contributed by atoms with van der Waals surface area (Å²) in [5, 5.41) is 0. The Morgan fingerprint density at radius 3 is 2.79 bits per heavy atom. The van der Waals surface area contributed by atoms with Crippen LogP contribution in [-0.4, -0.2) is 12.1 Å². The maximum atomic E-state index is 5.77. The van der Waals surface area contributed by atoms with E-state index in [2.05, 4.69) is 20.9 Å². The molecule has 2 N–H and O–H groups in total. The Bertz CT molecular complexity index is 752. The Balaban J connectivity index is 2.11. The normalized spacial score (nSPS) is 10.8. The van der Waals surface area contributed by atoms with Crippen molar-refractivity contribution in [3.05, 3.63) is 40.9 Å². The highest BCUT2D eigenvalue weighted by atomic mass is 79.9. The molecule has 0 saturated carbocycles. The maximum Gasteiger partial charge on any atom is 0.227 e. The van der Waals surface area contributed by atoms with Crippen LogP contribution in [0.4, 0.5) is 5.69 Å². The zero-order valence-corrected chi connectivity index (χ0v) is 11.8. The van der Waals surface area contributed by atoms with Crippen LogP contribution in [0.5, 0.6) is 5.75 Å². The van der Waals surface area contributed by atoms with Gasteiger partial charge in [0, 0.05) is 21.8 Å². The van der Waals surface area contributed by atoms with Crippen molar-refractivity contribution in [2.45, 2.75) is 0 Å². The van der Waals surface area contributed by atoms with E-state index >= 15 is 0 Å². The second-order valence-corrected chi connectivity index (χ2v) is 4.94. The summed E-state index contributed by atoms with van der Waals surface area (Å²) in [6, 6.07) is 11.1. The first-order chi connectivity index (χ1) is 9.17. The van der Waals surface area contributed by atoms with Gasteiger partial charge in [-0.2, -0.15) is 0 Å². The molecule has 19 heavy (non-hydrogen) atoms. The van der Waals surface area contributed by atoms with Gasteiger partial charge < -0.3 is 14.9 Å². The highest BCUT2D eigenvalue weighted by molar-refractivity contribution is 9.10. The van der Waals surface area contributed by atoms with Gasteiger partial charge in [0.15, 0.2) is 5.58 Å². The summed E-state index contributed by atoms with van der Waals surface area (Å²) in [6.45, 7) is 0. The summed E-state index contributed by atoms with van der Waals surface area (Å²) in [6.07, 6.45) is 0. The third-order valence-corrected chi connectivity index (χ3v) is 3.53. The summed E-state index contributed by atoms with van der Waals surface area (Å²) in [7, 11) is 1.62. The van der Waals surface area contributed by atoms with Crippen molar-refractivity contribution in [2.24, 2.45) is 0 Å². The monoisotopic (exact) mass is 318 g/mol. The Kier molecular flexibility index (Phi) is 2.91. The van der Waals surface area contributed by atoms with Crippen molar-refractivity contribution in [1.82, 2.24) is 4.98 Å². The number of methoxy groups -OCH3 is 1. The molecule has 0 atom stereocenters. The molecule has 2 aromatic carbocycles. The predicted molar refractivity (Wildman–Crippen MR) is 78.1 cm³/mol. The number of ether oxygens (including phenoxy) is 1. The average Bonchev–Trinajstić information content (AvgIpc) is 2.84. The summed E-state index contributed by atoms with van der Waals surface area (Å²) < 4.78 is 11.7. The number of nitrogen functional groups attached to an aromatic ring is 1. The van der Waals surface area contributed by atoms with Gasteiger partial charge in [0.2, 0.25) is 5.89 Å². The Labute approximate surface area is 118 Å². The van der Waals surface area contributed by atoms with Crippen molar-refractivity contribution in [1.29, 1.82) is 0 Å². The lowest BCUT2D eigenvalue weighted by atomic mass is 10.2. The molecule has 0 bridgehead atoms. The van der Waals surface area contributed by atoms with Gasteiger partial charge in [0.05, 0.1) is 7.11 Å². The minimum Gasteiger partial charge on any atom is -0.497 e. The zero-order valence-electron chi connectivity index (χ0n) is 10.2. The smallest absolute Gasteiger partial charge is 0.227 e. The number of hydrogen-bond donors (Lipinski definition) is 1. The SMILES string of the molecule is COc1ccc2oc(-c3ccc(N)c(Br)c3)nc2c1. The maximum absolute atomic E-state index is 5.77. The third kappa shape index (κ3) is 2.17. The fraction of sp³-hybridized carbons (Fsp3) is 0.0714. The van der Waals surface area contributed by atoms with E-state index < -0.39 is 0 Å². The molecule has 0 aliphatic carbocycles. The summed E-state index contributed by atoms with van der Waals surface area (Å²) in [5.41, 5.74) is 8.81. The topological polar surface area (TPSA) is 61.3 Å². The molecule has 3 aromatic rings. The van der Waals surface area contributed by atoms with Gasteiger partial charge in [-0.15, -0.1) is 0 Å². The van der Waals surface area contributed by atoms with Crippen molar-refractivity contribution in [2.75, 3.05) is 12.8 Å². The molecular formula is C14H11BrN2O2. The second kappa shape index (κ2) is 4.59. The molecule has 0 fully saturated rings. The van der Waals surface area contributed by atoms with Crippen LogP contribution in [-0.2, 0) is 0 Å². The highest BCUT2D eigenvalue weighted by Gasteiger charge is 2.10. The molecule has 0 aliphatic heterocycles. The minimum atomic E-state index is 0.559. The standard InChI is InChI=1S/C14H11BrN2O2/c1-18-9-3-5-13-12(7-9)17-14(19-13)8-2-4-11(16)10(15)6-8/h2-7H,16H2,1H3. The average molecular weight is 319 g/mol. The number of anilines is 1. The number of hydrogen-bond acceptors (Lipinski definition) is 4. The number of fused-ring (bicyclic) bond motifs is 1. The van der Waals surface area contributed by atoms with E-state index in [1.54, 1.807) is 7.11 Å². The van der Waals surface area contributed by atoms with Crippen LogP contribution in [0, 0.1) is 0 Å². The first-order valence-electron chi connectivity index (χ1n) is 5.67. The van der Waals surface area contributed by atoms with Gasteiger partial charge in [-0.3, -0.25) is 0 Å². The molecule has 4 nitrogen and oxygen atoms in total. The number of rotatable bonds is 2. The molecule has 1 heterocycles. The Hall–Kier alpha value is -2.01. The summed E-state index contributed by atoms with van der Waals surface area (Å²) >= 11 is 3.40. The Morgan fingerprint density at radius 2 is 2.05 bits per heavy atom. The molecule has 5 heteroatoms. The lowest BCUT2D eigenvalue weighted by Crippen LogP contribution is -1.86. The van der Waals surface area contributed by atoms with Gasteiger partial charge in [-0.1, -0.05) is 0 Å². The van der Waals surface area contributed by atoms with Crippen molar-refractivity contribution in [3.63, 3.8) is 0 Å². The van der Waals surface area contributed by atoms with E-state index in [4.69, 9.17) is 14.9 Å². The molecule has 0 saturated heterocycles. The van der Waals surface area contributed by atoms with Crippen LogP contribution in [0.1, 0.15) is 0 Å². The molecule has 96 valence electrons. The lowest BCUT2D eigenvalue weighted by molar-refractivity contribution is 0.415. The molecule has 0 unspecified atom stereocenters. The van der Waals surface area contributed by atoms with Crippen LogP contribution in [0.15, 0.2) is 45.3 Å². The number of nitrogens with zero attached hydrogens (tertiary/aromatic N) is 1. The van der Waals surface area contributed by atoms with E-state index in [-0.39, 0.29) is 0 Å². The van der Waals surface area contributed by atoms with Crippen molar-refractivity contribution < 1.29 is 9.15 Å². The minimum absolute atomic E-state index is 0.559.